The molecule has 0 saturated heterocycles. The summed E-state index contributed by atoms with van der Waals surface area (Å²) < 4.78 is 2.37. The Hall–Kier alpha value is -8.72. The van der Waals surface area contributed by atoms with Gasteiger partial charge in [0.15, 0.2) is 0 Å². The summed E-state index contributed by atoms with van der Waals surface area (Å²) in [5.41, 5.74) is 14.6. The highest BCUT2D eigenvalue weighted by Gasteiger charge is 2.23. The predicted octanol–water partition coefficient (Wildman–Crippen LogP) is 17.7. The van der Waals surface area contributed by atoms with Crippen molar-refractivity contribution in [1.29, 1.82) is 0 Å². The zero-order chi connectivity index (χ0) is 44.0. The van der Waals surface area contributed by atoms with Crippen LogP contribution in [0.3, 0.4) is 0 Å². The second kappa shape index (κ2) is 14.9. The Labute approximate surface area is 388 Å². The third-order valence-electron chi connectivity index (χ3n) is 14.3. The predicted molar refractivity (Wildman–Crippen MR) is 288 cm³/mol. The van der Waals surface area contributed by atoms with Crippen molar-refractivity contribution < 1.29 is 0 Å². The molecule has 0 saturated carbocycles. The van der Waals surface area contributed by atoms with E-state index in [1.54, 1.807) is 0 Å². The lowest BCUT2D eigenvalue weighted by Crippen LogP contribution is -2.05. The Morgan fingerprint density at radius 2 is 0.776 bits per heavy atom. The molecule has 0 spiro atoms. The van der Waals surface area contributed by atoms with E-state index in [2.05, 4.69) is 246 Å². The number of hydrogen-bond acceptors (Lipinski definition) is 1. The van der Waals surface area contributed by atoms with Gasteiger partial charge in [-0.3, -0.25) is 0 Å². The molecule has 1 aliphatic rings. The van der Waals surface area contributed by atoms with Crippen molar-refractivity contribution in [3.05, 3.63) is 236 Å². The van der Waals surface area contributed by atoms with Crippen LogP contribution in [0.1, 0.15) is 5.69 Å². The monoisotopic (exact) mass is 850 g/mol. The Morgan fingerprint density at radius 1 is 0.328 bits per heavy atom. The fourth-order valence-electron chi connectivity index (χ4n) is 11.3. The quantitative estimate of drug-likeness (QED) is 0.135. The van der Waals surface area contributed by atoms with Crippen molar-refractivity contribution in [2.45, 2.75) is 0 Å². The van der Waals surface area contributed by atoms with Crippen LogP contribution in [0.5, 0.6) is 0 Å². The van der Waals surface area contributed by atoms with Crippen LogP contribution in [-0.2, 0) is 0 Å². The Kier molecular flexibility index (Phi) is 8.38. The van der Waals surface area contributed by atoms with E-state index in [1.807, 2.05) is 0 Å². The van der Waals surface area contributed by atoms with Gasteiger partial charge in [-0.1, -0.05) is 188 Å². The Bertz CT molecular complexity index is 4190. The number of benzene rings is 12. The van der Waals surface area contributed by atoms with Crippen molar-refractivity contribution in [3.8, 4) is 50.2 Å². The molecule has 1 aromatic heterocycles. The highest BCUT2D eigenvalue weighted by Crippen LogP contribution is 2.49. The van der Waals surface area contributed by atoms with Gasteiger partial charge in [0.1, 0.15) is 0 Å². The minimum atomic E-state index is 0.820. The molecule has 0 fully saturated rings. The van der Waals surface area contributed by atoms with Gasteiger partial charge < -0.3 is 9.88 Å². The number of nitrogens with zero attached hydrogens (tertiary/aromatic N) is 1. The molecule has 12 aromatic carbocycles. The van der Waals surface area contributed by atoms with Gasteiger partial charge in [-0.15, -0.1) is 0 Å². The topological polar surface area (TPSA) is 17.0 Å². The van der Waals surface area contributed by atoms with Crippen molar-refractivity contribution >= 4 is 87.3 Å². The molecule has 0 amide bonds. The lowest BCUT2D eigenvalue weighted by atomic mass is 9.81. The fourth-order valence-corrected chi connectivity index (χ4v) is 11.3. The summed E-state index contributed by atoms with van der Waals surface area (Å²) in [6.07, 6.45) is 4.45. The van der Waals surface area contributed by atoms with Crippen molar-refractivity contribution in [1.82, 2.24) is 4.57 Å². The van der Waals surface area contributed by atoms with Gasteiger partial charge in [-0.05, 0) is 158 Å². The molecule has 0 atom stereocenters. The summed E-state index contributed by atoms with van der Waals surface area (Å²) in [4.78, 5) is 0. The van der Waals surface area contributed by atoms with Crippen LogP contribution in [-0.4, -0.2) is 11.1 Å². The maximum absolute atomic E-state index is 3.69. The minimum absolute atomic E-state index is 0.820. The molecular weight excluding hydrogens is 809 g/mol. The van der Waals surface area contributed by atoms with Gasteiger partial charge in [0.2, 0.25) is 0 Å². The third kappa shape index (κ3) is 5.83. The van der Waals surface area contributed by atoms with Crippen LogP contribution < -0.4 is 5.32 Å². The molecule has 1 N–H and O–H groups in total. The minimum Gasteiger partial charge on any atom is -0.379 e. The van der Waals surface area contributed by atoms with E-state index in [4.69, 9.17) is 0 Å². The first-order valence-corrected chi connectivity index (χ1v) is 23.3. The van der Waals surface area contributed by atoms with Crippen LogP contribution in [0.15, 0.2) is 231 Å². The third-order valence-corrected chi connectivity index (χ3v) is 14.3. The molecule has 2 heterocycles. The Morgan fingerprint density at radius 3 is 1.37 bits per heavy atom. The fraction of sp³-hybridized carbons (Fsp3) is 0.0154. The number of aromatic nitrogens is 1. The van der Waals surface area contributed by atoms with Crippen LogP contribution in [0, 0.1) is 0 Å². The van der Waals surface area contributed by atoms with Crippen molar-refractivity contribution in [3.63, 3.8) is 0 Å². The summed E-state index contributed by atoms with van der Waals surface area (Å²) >= 11 is 0. The van der Waals surface area contributed by atoms with E-state index in [-0.39, 0.29) is 0 Å². The lowest BCUT2D eigenvalue weighted by molar-refractivity contribution is 1.10. The summed E-state index contributed by atoms with van der Waals surface area (Å²) in [7, 11) is 0. The van der Waals surface area contributed by atoms with Crippen LogP contribution >= 0.6 is 0 Å². The van der Waals surface area contributed by atoms with Crippen LogP contribution in [0.25, 0.3) is 132 Å². The molecule has 2 heteroatoms. The smallest absolute Gasteiger partial charge is 0.0698 e. The molecule has 0 bridgehead atoms. The first-order valence-electron chi connectivity index (χ1n) is 23.3. The molecular formula is C65H42N2. The van der Waals surface area contributed by atoms with Crippen molar-refractivity contribution in [2.24, 2.45) is 0 Å². The molecule has 0 unspecified atom stereocenters. The van der Waals surface area contributed by atoms with Gasteiger partial charge in [0, 0.05) is 17.6 Å². The van der Waals surface area contributed by atoms with E-state index < -0.39 is 0 Å². The van der Waals surface area contributed by atoms with Crippen LogP contribution in [0.2, 0.25) is 0 Å². The normalized spacial score (nSPS) is 12.5. The maximum Gasteiger partial charge on any atom is 0.0698 e. The average Bonchev–Trinajstić information content (AvgIpc) is 3.74. The second-order valence-electron chi connectivity index (χ2n) is 18.0. The summed E-state index contributed by atoms with van der Waals surface area (Å²) in [5.74, 6) is 0. The molecule has 67 heavy (non-hydrogen) atoms. The number of hydrogen-bond donors (Lipinski definition) is 1. The molecule has 312 valence electrons. The highest BCUT2D eigenvalue weighted by atomic mass is 15.0. The number of fused-ring (bicyclic) bond motifs is 11. The first-order chi connectivity index (χ1) is 33.2. The van der Waals surface area contributed by atoms with E-state index in [0.29, 0.717) is 0 Å². The number of para-hydroxylation sites is 1. The van der Waals surface area contributed by atoms with Gasteiger partial charge in [0.25, 0.3) is 0 Å². The summed E-state index contributed by atoms with van der Waals surface area (Å²) in [6, 6.07) is 83.5. The van der Waals surface area contributed by atoms with Gasteiger partial charge in [-0.25, -0.2) is 0 Å². The van der Waals surface area contributed by atoms with E-state index in [0.717, 1.165) is 12.2 Å². The SMILES string of the molecule is C1=Cc2c(c3cc(-c4ccc(-c5ccc6c(-c7cc8ccccc8c8ccccc78)c7ccccc7c(-c7cc8ccccc8c8ccccc78)c6c5)cc4)ccc3n2-c2ccccc2)NC1. The number of nitrogens with one attached hydrogen (secondary N) is 1. The molecule has 13 aromatic rings. The zero-order valence-electron chi connectivity index (χ0n) is 36.7. The Balaban J connectivity index is 0.994. The zero-order valence-corrected chi connectivity index (χ0v) is 36.7. The van der Waals surface area contributed by atoms with E-state index >= 15 is 0 Å². The van der Waals surface area contributed by atoms with Crippen molar-refractivity contribution in [2.75, 3.05) is 11.9 Å². The number of anilines is 1. The standard InChI is InChI=1S/C65H42N2/c1-2-17-47(18-3-1)67-61-35-33-44(38-60(61)65-62(67)27-14-36-66-65)42-30-28-41(29-31-42)43-32-34-56-59(37-43)64(58-40-46-16-5-7-20-49(46)51-22-9-11-24-53(51)58)55-26-13-12-25-54(55)63(56)57-39-45-15-4-6-19-48(45)50-21-8-10-23-52(50)57/h1-35,37-40,66H,36H2. The number of rotatable bonds is 5. The molecule has 2 nitrogen and oxygen atoms in total. The maximum atomic E-state index is 3.69. The van der Waals surface area contributed by atoms with Crippen LogP contribution in [0.4, 0.5) is 5.69 Å². The van der Waals surface area contributed by atoms with Gasteiger partial charge in [-0.2, -0.15) is 0 Å². The van der Waals surface area contributed by atoms with E-state index in [9.17, 15) is 0 Å². The molecule has 0 aliphatic carbocycles. The lowest BCUT2D eigenvalue weighted by Gasteiger charge is -2.21. The average molecular weight is 851 g/mol. The molecule has 1 aliphatic heterocycles. The summed E-state index contributed by atoms with van der Waals surface area (Å²) in [5, 5.41) is 20.0. The van der Waals surface area contributed by atoms with Gasteiger partial charge >= 0.3 is 0 Å². The molecule has 0 radical (unpaired) electrons. The van der Waals surface area contributed by atoms with Gasteiger partial charge in [0.05, 0.1) is 16.9 Å². The molecule has 14 rings (SSSR count). The summed E-state index contributed by atoms with van der Waals surface area (Å²) in [6.45, 7) is 0.820. The van der Waals surface area contributed by atoms with E-state index in [1.165, 1.54) is 131 Å². The highest BCUT2D eigenvalue weighted by molar-refractivity contribution is 6.28. The second-order valence-corrected chi connectivity index (χ2v) is 18.0. The first kappa shape index (κ1) is 37.6. The largest absolute Gasteiger partial charge is 0.379 e.